The molecule has 108 valence electrons. The van der Waals surface area contributed by atoms with Gasteiger partial charge in [0.05, 0.1) is 12.0 Å². The third-order valence-corrected chi connectivity index (χ3v) is 6.46. The Morgan fingerprint density at radius 1 is 1.42 bits per heavy atom. The van der Waals surface area contributed by atoms with Gasteiger partial charge in [0, 0.05) is 16.9 Å². The summed E-state index contributed by atoms with van der Waals surface area (Å²) in [5.74, 6) is 0.730. The lowest BCUT2D eigenvalue weighted by atomic mass is 9.95. The minimum absolute atomic E-state index is 0.0174. The first kappa shape index (κ1) is 16.5. The van der Waals surface area contributed by atoms with Crippen LogP contribution in [0.1, 0.15) is 18.7 Å². The predicted octanol–water partition coefficient (Wildman–Crippen LogP) is 2.16. The van der Waals surface area contributed by atoms with Crippen molar-refractivity contribution in [3.05, 3.63) is 17.0 Å². The maximum absolute atomic E-state index is 12.0. The van der Waals surface area contributed by atoms with Crippen LogP contribution in [0.2, 0.25) is 0 Å². The van der Waals surface area contributed by atoms with Crippen molar-refractivity contribution in [1.29, 1.82) is 0 Å². The van der Waals surface area contributed by atoms with Gasteiger partial charge in [-0.05, 0) is 18.4 Å². The first-order chi connectivity index (χ1) is 8.66. The molecule has 1 N–H and O–H groups in total. The molecule has 7 heteroatoms. The average Bonchev–Trinajstić information content (AvgIpc) is 2.73. The number of thiophene rings is 1. The summed E-state index contributed by atoms with van der Waals surface area (Å²) in [7, 11) is -3.16. The highest BCUT2D eigenvalue weighted by molar-refractivity contribution is 7.98. The van der Waals surface area contributed by atoms with Gasteiger partial charge in [-0.1, -0.05) is 13.8 Å². The van der Waals surface area contributed by atoms with Crippen molar-refractivity contribution in [2.24, 2.45) is 5.41 Å². The second-order valence-electron chi connectivity index (χ2n) is 4.99. The van der Waals surface area contributed by atoms with Crippen molar-refractivity contribution in [1.82, 2.24) is 5.32 Å². The number of carbonyl (C=O) groups excluding carboxylic acids is 1. The second kappa shape index (κ2) is 6.28. The van der Waals surface area contributed by atoms with Crippen LogP contribution >= 0.6 is 23.1 Å². The highest BCUT2D eigenvalue weighted by Gasteiger charge is 2.26. The van der Waals surface area contributed by atoms with Crippen molar-refractivity contribution in [2.45, 2.75) is 24.6 Å². The Labute approximate surface area is 122 Å². The normalized spacial score (nSPS) is 12.4. The number of thioether (sulfide) groups is 1. The van der Waals surface area contributed by atoms with Crippen LogP contribution in [0.5, 0.6) is 0 Å². The molecule has 0 saturated carbocycles. The Hall–Kier alpha value is -0.530. The van der Waals surface area contributed by atoms with E-state index < -0.39 is 15.3 Å². The van der Waals surface area contributed by atoms with E-state index >= 15 is 0 Å². The Morgan fingerprint density at radius 3 is 2.53 bits per heavy atom. The number of rotatable bonds is 6. The monoisotopic (exact) mass is 321 g/mol. The highest BCUT2D eigenvalue weighted by Crippen LogP contribution is 2.23. The van der Waals surface area contributed by atoms with E-state index in [2.05, 4.69) is 5.32 Å². The van der Waals surface area contributed by atoms with Crippen LogP contribution in [-0.4, -0.2) is 32.6 Å². The first-order valence-corrected chi connectivity index (χ1v) is 9.83. The van der Waals surface area contributed by atoms with Gasteiger partial charge in [0.1, 0.15) is 4.21 Å². The molecule has 1 heterocycles. The van der Waals surface area contributed by atoms with Crippen molar-refractivity contribution in [2.75, 3.05) is 18.3 Å². The summed E-state index contributed by atoms with van der Waals surface area (Å²) in [4.78, 5) is 12.8. The van der Waals surface area contributed by atoms with Crippen LogP contribution in [0.4, 0.5) is 0 Å². The van der Waals surface area contributed by atoms with Gasteiger partial charge in [0.2, 0.25) is 5.91 Å². The van der Waals surface area contributed by atoms with Crippen LogP contribution in [0.25, 0.3) is 0 Å². The zero-order valence-electron chi connectivity index (χ0n) is 11.5. The summed E-state index contributed by atoms with van der Waals surface area (Å²) in [5, 5.41) is 2.85. The molecule has 0 unspecified atom stereocenters. The van der Waals surface area contributed by atoms with Gasteiger partial charge in [-0.15, -0.1) is 11.3 Å². The minimum Gasteiger partial charge on any atom is -0.351 e. The molecule has 0 aromatic carbocycles. The molecule has 1 rings (SSSR count). The number of hydrogen-bond donors (Lipinski definition) is 1. The smallest absolute Gasteiger partial charge is 0.226 e. The Balaban J connectivity index is 2.63. The summed E-state index contributed by atoms with van der Waals surface area (Å²) in [5.41, 5.74) is -0.420. The van der Waals surface area contributed by atoms with Crippen LogP contribution in [0.15, 0.2) is 16.3 Å². The van der Waals surface area contributed by atoms with Crippen molar-refractivity contribution < 1.29 is 13.2 Å². The Kier molecular flexibility index (Phi) is 5.46. The van der Waals surface area contributed by atoms with Gasteiger partial charge < -0.3 is 5.32 Å². The number of nitrogens with one attached hydrogen (secondary N) is 1. The maximum Gasteiger partial charge on any atom is 0.226 e. The van der Waals surface area contributed by atoms with E-state index in [1.807, 2.05) is 20.1 Å². The van der Waals surface area contributed by atoms with Gasteiger partial charge >= 0.3 is 0 Å². The van der Waals surface area contributed by atoms with Gasteiger partial charge in [-0.2, -0.15) is 11.8 Å². The van der Waals surface area contributed by atoms with Crippen LogP contribution in [0, 0.1) is 5.41 Å². The van der Waals surface area contributed by atoms with Crippen molar-refractivity contribution in [3.8, 4) is 0 Å². The quantitative estimate of drug-likeness (QED) is 0.872. The molecule has 0 aliphatic carbocycles. The molecule has 0 fully saturated rings. The fraction of sp³-hybridized carbons (Fsp3) is 0.583. The van der Waals surface area contributed by atoms with Gasteiger partial charge in [-0.25, -0.2) is 8.42 Å². The molecule has 0 saturated heterocycles. The molecule has 0 bridgehead atoms. The van der Waals surface area contributed by atoms with Gasteiger partial charge in [0.25, 0.3) is 0 Å². The lowest BCUT2D eigenvalue weighted by Gasteiger charge is -2.22. The van der Waals surface area contributed by atoms with E-state index in [0.29, 0.717) is 10.8 Å². The molecule has 0 aliphatic rings. The topological polar surface area (TPSA) is 63.2 Å². The zero-order chi connectivity index (χ0) is 14.7. The summed E-state index contributed by atoms with van der Waals surface area (Å²) in [6, 6.07) is 3.32. The van der Waals surface area contributed by atoms with E-state index in [1.54, 1.807) is 23.9 Å². The van der Waals surface area contributed by atoms with E-state index in [-0.39, 0.29) is 5.91 Å². The third kappa shape index (κ3) is 4.81. The fourth-order valence-corrected chi connectivity index (χ4v) is 4.26. The van der Waals surface area contributed by atoms with E-state index in [0.717, 1.165) is 10.6 Å². The summed E-state index contributed by atoms with van der Waals surface area (Å²) < 4.78 is 23.0. The average molecular weight is 321 g/mol. The number of sulfone groups is 1. The first-order valence-electron chi connectivity index (χ1n) is 5.73. The molecule has 0 aliphatic heterocycles. The Morgan fingerprint density at radius 2 is 2.05 bits per heavy atom. The second-order valence-corrected chi connectivity index (χ2v) is 9.27. The molecule has 19 heavy (non-hydrogen) atoms. The molecular formula is C12H19NO3S3. The van der Waals surface area contributed by atoms with Crippen LogP contribution in [0.3, 0.4) is 0 Å². The molecule has 4 nitrogen and oxygen atoms in total. The molecule has 0 atom stereocenters. The number of amides is 1. The fourth-order valence-electron chi connectivity index (χ4n) is 1.49. The molecule has 1 amide bonds. The summed E-state index contributed by atoms with van der Waals surface area (Å²) in [6.07, 6.45) is 3.15. The molecule has 1 aromatic heterocycles. The lowest BCUT2D eigenvalue weighted by molar-refractivity contribution is -0.128. The standard InChI is InChI=1S/C12H19NO3S3/c1-12(2,8-17-3)11(14)13-7-9-5-6-10(18-9)19(4,15)16/h5-6H,7-8H2,1-4H3,(H,13,14). The van der Waals surface area contributed by atoms with E-state index in [4.69, 9.17) is 0 Å². The third-order valence-electron chi connectivity index (χ3n) is 2.55. The SMILES string of the molecule is CSCC(C)(C)C(=O)NCc1ccc(S(C)(=O)=O)s1. The molecule has 0 spiro atoms. The highest BCUT2D eigenvalue weighted by atomic mass is 32.2. The van der Waals surface area contributed by atoms with Gasteiger partial charge in [-0.3, -0.25) is 4.79 Å². The van der Waals surface area contributed by atoms with E-state index in [9.17, 15) is 13.2 Å². The van der Waals surface area contributed by atoms with Crippen molar-refractivity contribution >= 4 is 38.8 Å². The van der Waals surface area contributed by atoms with Crippen molar-refractivity contribution in [3.63, 3.8) is 0 Å². The van der Waals surface area contributed by atoms with Crippen LogP contribution < -0.4 is 5.32 Å². The molecular weight excluding hydrogens is 302 g/mol. The lowest BCUT2D eigenvalue weighted by Crippen LogP contribution is -2.38. The molecule has 0 radical (unpaired) electrons. The molecule has 1 aromatic rings. The maximum atomic E-state index is 12.0. The number of carbonyl (C=O) groups is 1. The zero-order valence-corrected chi connectivity index (χ0v) is 14.0. The Bertz CT molecular complexity index is 546. The van der Waals surface area contributed by atoms with Gasteiger partial charge in [0.15, 0.2) is 9.84 Å². The minimum atomic E-state index is -3.16. The predicted molar refractivity (Wildman–Crippen MR) is 81.4 cm³/mol. The summed E-state index contributed by atoms with van der Waals surface area (Å²) >= 11 is 2.83. The van der Waals surface area contributed by atoms with E-state index in [1.165, 1.54) is 17.6 Å². The summed E-state index contributed by atoms with van der Waals surface area (Å²) in [6.45, 7) is 4.17. The largest absolute Gasteiger partial charge is 0.351 e. The number of hydrogen-bond acceptors (Lipinski definition) is 5. The van der Waals surface area contributed by atoms with Crippen LogP contribution in [-0.2, 0) is 21.2 Å².